The van der Waals surface area contributed by atoms with E-state index in [1.807, 2.05) is 12.1 Å². The fourth-order valence-corrected chi connectivity index (χ4v) is 3.63. The molecule has 0 amide bonds. The van der Waals surface area contributed by atoms with E-state index in [1.54, 1.807) is 0 Å². The van der Waals surface area contributed by atoms with E-state index >= 15 is 0 Å². The molecule has 0 aromatic heterocycles. The smallest absolute Gasteiger partial charge is 0.210 e. The maximum Gasteiger partial charge on any atom is 0.210 e. The van der Waals surface area contributed by atoms with E-state index in [-0.39, 0.29) is 0 Å². The highest BCUT2D eigenvalue weighted by molar-refractivity contribution is 9.11. The predicted molar refractivity (Wildman–Crippen MR) is 87.6 cm³/mol. The first-order valence-electron chi connectivity index (χ1n) is 5.36. The van der Waals surface area contributed by atoms with Crippen LogP contribution < -0.4 is 16.6 Å². The Balaban J connectivity index is 2.92. The van der Waals surface area contributed by atoms with E-state index in [4.69, 9.17) is 5.84 Å². The normalized spacial score (nSPS) is 11.8. The van der Waals surface area contributed by atoms with Gasteiger partial charge in [0.05, 0.1) is 5.69 Å². The van der Waals surface area contributed by atoms with Crippen molar-refractivity contribution in [1.29, 1.82) is 0 Å². The third-order valence-electron chi connectivity index (χ3n) is 2.00. The Bertz CT molecular complexity index is 423. The fraction of sp³-hybridized carbons (Fsp3) is 0.364. The summed E-state index contributed by atoms with van der Waals surface area (Å²) in [6.07, 6.45) is 0. The van der Waals surface area contributed by atoms with Crippen LogP contribution in [0.4, 0.5) is 5.69 Å². The van der Waals surface area contributed by atoms with E-state index in [1.165, 1.54) is 0 Å². The molecule has 4 nitrogen and oxygen atoms in total. The second-order valence-corrected chi connectivity index (χ2v) is 6.72. The highest BCUT2D eigenvalue weighted by Gasteiger charge is 2.08. The predicted octanol–water partition coefficient (Wildman–Crippen LogP) is 3.86. The molecule has 0 unspecified atom stereocenters. The Labute approximate surface area is 132 Å². The van der Waals surface area contributed by atoms with Crippen LogP contribution in [-0.2, 0) is 0 Å². The number of hydrogen-bond donors (Lipinski definition) is 3. The Morgan fingerprint density at radius 1 is 1.28 bits per heavy atom. The van der Waals surface area contributed by atoms with Gasteiger partial charge < -0.3 is 5.32 Å². The van der Waals surface area contributed by atoms with Crippen molar-refractivity contribution in [2.75, 3.05) is 11.9 Å². The number of halogens is 3. The van der Waals surface area contributed by atoms with Gasteiger partial charge in [-0.15, -0.1) is 0 Å². The molecule has 0 aliphatic heterocycles. The number of rotatable bonds is 3. The van der Waals surface area contributed by atoms with Crippen molar-refractivity contribution >= 4 is 59.4 Å². The highest BCUT2D eigenvalue weighted by Crippen LogP contribution is 2.34. The maximum atomic E-state index is 5.45. The summed E-state index contributed by atoms with van der Waals surface area (Å²) in [7, 11) is 0. The highest BCUT2D eigenvalue weighted by atomic mass is 79.9. The quantitative estimate of drug-likeness (QED) is 0.288. The first kappa shape index (κ1) is 15.9. The molecule has 0 atom stereocenters. The standard InChI is InChI=1S/C11H15Br3N4/c1-6(2)5-16-11(18-15)17-10-8(13)3-7(12)4-9(10)14/h3-4,6H,5,15H2,1-2H3,(H2,16,17,18). The van der Waals surface area contributed by atoms with Crippen LogP contribution in [0.2, 0.25) is 0 Å². The number of nitrogens with zero attached hydrogens (tertiary/aromatic N) is 1. The van der Waals surface area contributed by atoms with Gasteiger partial charge in [0.15, 0.2) is 0 Å². The maximum absolute atomic E-state index is 5.45. The lowest BCUT2D eigenvalue weighted by atomic mass is 10.2. The molecule has 0 fully saturated rings. The van der Waals surface area contributed by atoms with Gasteiger partial charge in [-0.05, 0) is 49.9 Å². The SMILES string of the molecule is CC(C)CN=C(NN)Nc1c(Br)cc(Br)cc1Br. The summed E-state index contributed by atoms with van der Waals surface area (Å²) < 4.78 is 2.81. The molecule has 7 heteroatoms. The topological polar surface area (TPSA) is 62.4 Å². The number of hydrazine groups is 1. The van der Waals surface area contributed by atoms with Crippen LogP contribution in [0.25, 0.3) is 0 Å². The van der Waals surface area contributed by atoms with E-state index in [2.05, 4.69) is 77.4 Å². The summed E-state index contributed by atoms with van der Waals surface area (Å²) in [4.78, 5) is 4.36. The van der Waals surface area contributed by atoms with Gasteiger partial charge in [0.1, 0.15) is 0 Å². The Morgan fingerprint density at radius 2 is 1.83 bits per heavy atom. The van der Waals surface area contributed by atoms with E-state index < -0.39 is 0 Å². The van der Waals surface area contributed by atoms with Crippen molar-refractivity contribution in [3.8, 4) is 0 Å². The molecule has 1 rings (SSSR count). The van der Waals surface area contributed by atoms with E-state index in [9.17, 15) is 0 Å². The number of nitrogens with one attached hydrogen (secondary N) is 2. The molecule has 4 N–H and O–H groups in total. The van der Waals surface area contributed by atoms with Crippen molar-refractivity contribution in [2.45, 2.75) is 13.8 Å². The fourth-order valence-electron chi connectivity index (χ4n) is 1.18. The summed E-state index contributed by atoms with van der Waals surface area (Å²) >= 11 is 10.4. The van der Waals surface area contributed by atoms with Gasteiger partial charge in [0, 0.05) is 20.0 Å². The lowest BCUT2D eigenvalue weighted by Crippen LogP contribution is -2.36. The monoisotopic (exact) mass is 440 g/mol. The number of nitrogens with two attached hydrogens (primary N) is 1. The summed E-state index contributed by atoms with van der Waals surface area (Å²) in [6.45, 7) is 4.91. The van der Waals surface area contributed by atoms with Crippen molar-refractivity contribution in [3.63, 3.8) is 0 Å². The summed E-state index contributed by atoms with van der Waals surface area (Å²) in [6, 6.07) is 3.90. The lowest BCUT2D eigenvalue weighted by molar-refractivity contribution is 0.663. The zero-order chi connectivity index (χ0) is 13.7. The van der Waals surface area contributed by atoms with E-state index in [0.717, 1.165) is 19.1 Å². The zero-order valence-electron chi connectivity index (χ0n) is 10.1. The van der Waals surface area contributed by atoms with Crippen LogP contribution in [0.3, 0.4) is 0 Å². The second kappa shape index (κ2) is 7.47. The first-order valence-corrected chi connectivity index (χ1v) is 7.74. The Hall–Kier alpha value is -0.110. The lowest BCUT2D eigenvalue weighted by Gasteiger charge is -2.13. The summed E-state index contributed by atoms with van der Waals surface area (Å²) in [5, 5.41) is 3.15. The molecule has 0 spiro atoms. The molecular weight excluding hydrogens is 428 g/mol. The second-order valence-electron chi connectivity index (χ2n) is 4.10. The number of benzene rings is 1. The molecule has 0 bridgehead atoms. The third kappa shape index (κ3) is 4.87. The van der Waals surface area contributed by atoms with Crippen LogP contribution in [-0.4, -0.2) is 12.5 Å². The molecule has 1 aromatic rings. The Morgan fingerprint density at radius 3 is 2.28 bits per heavy atom. The first-order chi connectivity index (χ1) is 8.43. The van der Waals surface area contributed by atoms with Gasteiger partial charge >= 0.3 is 0 Å². The minimum absolute atomic E-state index is 0.479. The van der Waals surface area contributed by atoms with Gasteiger partial charge in [0.25, 0.3) is 0 Å². The van der Waals surface area contributed by atoms with Crippen LogP contribution in [0.15, 0.2) is 30.5 Å². The number of hydrogen-bond acceptors (Lipinski definition) is 2. The van der Waals surface area contributed by atoms with Gasteiger partial charge in [-0.2, -0.15) is 0 Å². The molecule has 0 saturated heterocycles. The number of guanidine groups is 1. The van der Waals surface area contributed by atoms with Crippen LogP contribution in [0, 0.1) is 5.92 Å². The third-order valence-corrected chi connectivity index (χ3v) is 3.71. The van der Waals surface area contributed by atoms with Crippen molar-refractivity contribution in [1.82, 2.24) is 5.43 Å². The molecule has 1 aromatic carbocycles. The van der Waals surface area contributed by atoms with Crippen LogP contribution in [0.5, 0.6) is 0 Å². The molecule has 100 valence electrons. The van der Waals surface area contributed by atoms with Gasteiger partial charge in [-0.1, -0.05) is 29.8 Å². The summed E-state index contributed by atoms with van der Waals surface area (Å²) in [5.74, 6) is 6.47. The molecule has 0 saturated carbocycles. The molecule has 18 heavy (non-hydrogen) atoms. The summed E-state index contributed by atoms with van der Waals surface area (Å²) in [5.41, 5.74) is 3.43. The molecule has 0 heterocycles. The van der Waals surface area contributed by atoms with Crippen molar-refractivity contribution < 1.29 is 0 Å². The van der Waals surface area contributed by atoms with Crippen LogP contribution >= 0.6 is 47.8 Å². The van der Waals surface area contributed by atoms with Crippen molar-refractivity contribution in [3.05, 3.63) is 25.6 Å². The van der Waals surface area contributed by atoms with Crippen LogP contribution in [0.1, 0.15) is 13.8 Å². The van der Waals surface area contributed by atoms with Gasteiger partial charge in [0.2, 0.25) is 5.96 Å². The molecular formula is C11H15Br3N4. The molecule has 0 aliphatic carbocycles. The molecule has 0 aliphatic rings. The number of aliphatic imine (C=N–C) groups is 1. The van der Waals surface area contributed by atoms with Gasteiger partial charge in [-0.25, -0.2) is 5.84 Å². The minimum atomic E-state index is 0.479. The zero-order valence-corrected chi connectivity index (χ0v) is 14.9. The number of anilines is 1. The van der Waals surface area contributed by atoms with Gasteiger partial charge in [-0.3, -0.25) is 10.4 Å². The Kier molecular flexibility index (Phi) is 6.62. The molecule has 0 radical (unpaired) electrons. The average Bonchev–Trinajstić information content (AvgIpc) is 2.26. The average molecular weight is 443 g/mol. The minimum Gasteiger partial charge on any atom is -0.323 e. The van der Waals surface area contributed by atoms with E-state index in [0.29, 0.717) is 18.4 Å². The van der Waals surface area contributed by atoms with Crippen molar-refractivity contribution in [2.24, 2.45) is 16.8 Å². The largest absolute Gasteiger partial charge is 0.323 e.